The Morgan fingerprint density at radius 1 is 0.475 bits per heavy atom. The fourth-order valence-electron chi connectivity index (χ4n) is 8.13. The van der Waals surface area contributed by atoms with Crippen molar-refractivity contribution in [3.63, 3.8) is 0 Å². The smallest absolute Gasteiger partial charge is 0.149 e. The molecule has 0 fully saturated rings. The summed E-state index contributed by atoms with van der Waals surface area (Å²) in [4.78, 5) is 10.7. The van der Waals surface area contributed by atoms with Gasteiger partial charge in [-0.1, -0.05) is 155 Å². The minimum Gasteiger partial charge on any atom is -0.507 e. The largest absolute Gasteiger partial charge is 0.507 e. The molecule has 2 aromatic heterocycles. The van der Waals surface area contributed by atoms with Crippen LogP contribution in [0.2, 0.25) is 0 Å². The van der Waals surface area contributed by atoms with Crippen LogP contribution in [0.15, 0.2) is 79.0 Å². The van der Waals surface area contributed by atoms with Gasteiger partial charge < -0.3 is 5.11 Å². The van der Waals surface area contributed by atoms with Crippen LogP contribution < -0.4 is 0 Å². The molecule has 4 heteroatoms. The lowest BCUT2D eigenvalue weighted by atomic mass is 9.74. The predicted octanol–water partition coefficient (Wildman–Crippen LogP) is 15.2. The van der Waals surface area contributed by atoms with E-state index in [0.717, 1.165) is 61.6 Å². The molecule has 2 heterocycles. The molecular weight excluding hydrogens is 719 g/mol. The Balaban J connectivity index is 1.84. The van der Waals surface area contributed by atoms with E-state index < -0.39 is 0 Å². The number of imidazole rings is 1. The molecule has 1 N–H and O–H groups in total. The van der Waals surface area contributed by atoms with E-state index in [1.54, 1.807) is 0 Å². The van der Waals surface area contributed by atoms with Crippen LogP contribution in [0.25, 0.3) is 50.5 Å². The highest BCUT2D eigenvalue weighted by Gasteiger charge is 2.32. The van der Waals surface area contributed by atoms with Crippen LogP contribution in [0.1, 0.15) is 164 Å². The monoisotopic (exact) mass is 790 g/mol. The zero-order chi connectivity index (χ0) is 44.0. The van der Waals surface area contributed by atoms with Crippen molar-refractivity contribution in [2.24, 2.45) is 0 Å². The van der Waals surface area contributed by atoms with E-state index in [1.807, 2.05) is 6.20 Å². The lowest BCUT2D eigenvalue weighted by molar-refractivity contribution is 0.446. The first kappa shape index (κ1) is 43.9. The predicted molar refractivity (Wildman–Crippen MR) is 254 cm³/mol. The molecule has 6 aromatic rings. The number of rotatable bonds is 4. The second-order valence-electron chi connectivity index (χ2n) is 23.3. The number of aryl methyl sites for hydroxylation is 1. The number of hydrogen-bond acceptors (Lipinski definition) is 3. The molecular formula is C55H71N3O. The molecule has 6 rings (SSSR count). The van der Waals surface area contributed by atoms with Gasteiger partial charge in [0.1, 0.15) is 11.6 Å². The summed E-state index contributed by atoms with van der Waals surface area (Å²) >= 11 is 0. The molecule has 0 atom stereocenters. The maximum atomic E-state index is 12.5. The van der Waals surface area contributed by atoms with E-state index >= 15 is 0 Å². The Kier molecular flexibility index (Phi) is 10.8. The fourth-order valence-corrected chi connectivity index (χ4v) is 8.13. The van der Waals surface area contributed by atoms with Crippen LogP contribution in [-0.4, -0.2) is 19.6 Å². The summed E-state index contributed by atoms with van der Waals surface area (Å²) in [6, 6.07) is 27.1. The first-order valence-electron chi connectivity index (χ1n) is 21.6. The van der Waals surface area contributed by atoms with Crippen LogP contribution in [0.3, 0.4) is 0 Å². The number of phenols is 1. The molecule has 0 spiro atoms. The van der Waals surface area contributed by atoms with E-state index in [9.17, 15) is 5.11 Å². The van der Waals surface area contributed by atoms with Gasteiger partial charge in [-0.2, -0.15) is 0 Å². The van der Waals surface area contributed by atoms with Crippen molar-refractivity contribution in [1.29, 1.82) is 0 Å². The molecule has 0 saturated carbocycles. The normalized spacial score (nSPS) is 13.4. The van der Waals surface area contributed by atoms with E-state index in [4.69, 9.17) is 9.97 Å². The van der Waals surface area contributed by atoms with Crippen molar-refractivity contribution in [3.8, 4) is 45.2 Å². The van der Waals surface area contributed by atoms with Crippen molar-refractivity contribution in [1.82, 2.24) is 14.5 Å². The number of benzene rings is 4. The minimum atomic E-state index is -0.301. The summed E-state index contributed by atoms with van der Waals surface area (Å²) in [5.74, 6) is 1.01. The van der Waals surface area contributed by atoms with Crippen LogP contribution in [0.4, 0.5) is 0 Å². The Bertz CT molecular complexity index is 2520. The third-order valence-electron chi connectivity index (χ3n) is 11.9. The summed E-state index contributed by atoms with van der Waals surface area (Å²) in [6.07, 6.45) is 1.92. The Morgan fingerprint density at radius 3 is 1.51 bits per heavy atom. The quantitative estimate of drug-likeness (QED) is 0.194. The molecule has 4 nitrogen and oxygen atoms in total. The van der Waals surface area contributed by atoms with E-state index in [2.05, 4.69) is 209 Å². The highest BCUT2D eigenvalue weighted by molar-refractivity contribution is 5.98. The standard InChI is InChI=1S/C55H71N3O/c1-33-23-24-56-45(25-33)40-31-39(42(53(11,12)13)32-43(40)54(14,15)16)38-21-20-22-46-47(38)57-49(41-29-36(52(8,9)10)30-44(48(41)59)55(17,18)19)58(46)37-27-34(50(2,3)4)26-35(28-37)51(5,6)7/h20-32,59H,1-19H3. The van der Waals surface area contributed by atoms with Gasteiger partial charge in [-0.05, 0) is 121 Å². The van der Waals surface area contributed by atoms with Gasteiger partial charge in [0.15, 0.2) is 0 Å². The van der Waals surface area contributed by atoms with Crippen molar-refractivity contribution < 1.29 is 5.11 Å². The second kappa shape index (κ2) is 14.5. The van der Waals surface area contributed by atoms with Gasteiger partial charge in [0.05, 0.1) is 22.3 Å². The second-order valence-corrected chi connectivity index (χ2v) is 23.3. The number of para-hydroxylation sites is 1. The molecule has 0 amide bonds. The van der Waals surface area contributed by atoms with Gasteiger partial charge in [0, 0.05) is 28.6 Å². The molecule has 59 heavy (non-hydrogen) atoms. The average Bonchev–Trinajstić information content (AvgIpc) is 3.48. The van der Waals surface area contributed by atoms with Crippen molar-refractivity contribution in [3.05, 3.63) is 118 Å². The molecule has 0 aliphatic heterocycles. The van der Waals surface area contributed by atoms with E-state index in [-0.39, 0.29) is 38.2 Å². The Labute approximate surface area is 356 Å². The molecule has 0 unspecified atom stereocenters. The average molecular weight is 790 g/mol. The summed E-state index contributed by atoms with van der Waals surface area (Å²) in [5.41, 5.74) is 15.4. The van der Waals surface area contributed by atoms with E-state index in [0.29, 0.717) is 0 Å². The summed E-state index contributed by atoms with van der Waals surface area (Å²) in [6.45, 7) is 42.9. The van der Waals surface area contributed by atoms with Gasteiger partial charge in [0.2, 0.25) is 0 Å². The number of pyridine rings is 1. The molecule has 0 saturated heterocycles. The summed E-state index contributed by atoms with van der Waals surface area (Å²) in [7, 11) is 0. The fraction of sp³-hybridized carbons (Fsp3) is 0.455. The lowest BCUT2D eigenvalue weighted by Crippen LogP contribution is -2.19. The first-order chi connectivity index (χ1) is 26.9. The maximum absolute atomic E-state index is 12.5. The molecule has 0 radical (unpaired) electrons. The molecule has 0 bridgehead atoms. The van der Waals surface area contributed by atoms with Gasteiger partial charge in [-0.15, -0.1) is 0 Å². The first-order valence-corrected chi connectivity index (χ1v) is 21.6. The number of aromatic nitrogens is 3. The lowest BCUT2D eigenvalue weighted by Gasteiger charge is -2.30. The number of hydrogen-bond donors (Lipinski definition) is 1. The Hall–Kier alpha value is -4.70. The van der Waals surface area contributed by atoms with Crippen molar-refractivity contribution in [2.75, 3.05) is 0 Å². The summed E-state index contributed by atoms with van der Waals surface area (Å²) < 4.78 is 2.32. The number of phenolic OH excluding ortho intramolecular Hbond substituents is 1. The van der Waals surface area contributed by atoms with Crippen molar-refractivity contribution >= 4 is 11.0 Å². The molecule has 0 aliphatic rings. The van der Waals surface area contributed by atoms with Crippen molar-refractivity contribution in [2.45, 2.75) is 164 Å². The van der Waals surface area contributed by atoms with Gasteiger partial charge >= 0.3 is 0 Å². The number of aromatic hydroxyl groups is 1. The molecule has 312 valence electrons. The van der Waals surface area contributed by atoms with E-state index in [1.165, 1.54) is 27.8 Å². The molecule has 0 aliphatic carbocycles. The molecule has 4 aromatic carbocycles. The SMILES string of the molecule is Cc1ccnc(-c2cc(-c3cccc4c3nc(-c3cc(C(C)(C)C)cc(C(C)(C)C)c3O)n4-c3cc(C(C)(C)C)cc(C(C)(C)C)c3)c(C(C)(C)C)cc2C(C)(C)C)c1. The van der Waals surface area contributed by atoms with Crippen LogP contribution in [-0.2, 0) is 32.5 Å². The highest BCUT2D eigenvalue weighted by Crippen LogP contribution is 2.47. The zero-order valence-electron chi connectivity index (χ0n) is 39.8. The summed E-state index contributed by atoms with van der Waals surface area (Å²) in [5, 5.41) is 12.5. The minimum absolute atomic E-state index is 0.0952. The van der Waals surface area contributed by atoms with Crippen LogP contribution >= 0.6 is 0 Å². The number of nitrogens with zero attached hydrogens (tertiary/aromatic N) is 3. The van der Waals surface area contributed by atoms with Crippen LogP contribution in [0, 0.1) is 6.92 Å². The van der Waals surface area contributed by atoms with Gasteiger partial charge in [-0.25, -0.2) is 4.98 Å². The third kappa shape index (κ3) is 8.66. The van der Waals surface area contributed by atoms with Crippen LogP contribution in [0.5, 0.6) is 5.75 Å². The Morgan fingerprint density at radius 2 is 1.00 bits per heavy atom. The van der Waals surface area contributed by atoms with Gasteiger partial charge in [-0.3, -0.25) is 9.55 Å². The number of fused-ring (bicyclic) bond motifs is 1. The highest BCUT2D eigenvalue weighted by atomic mass is 16.3. The maximum Gasteiger partial charge on any atom is 0.149 e. The zero-order valence-corrected chi connectivity index (χ0v) is 39.8. The topological polar surface area (TPSA) is 50.9 Å². The van der Waals surface area contributed by atoms with Gasteiger partial charge in [0.25, 0.3) is 0 Å². The third-order valence-corrected chi connectivity index (χ3v) is 11.9.